The molecule has 0 aliphatic heterocycles. The maximum atomic E-state index is 11.7. The van der Waals surface area contributed by atoms with Crippen molar-refractivity contribution in [1.29, 1.82) is 0 Å². The van der Waals surface area contributed by atoms with Crippen LogP contribution in [0, 0.1) is 0 Å². The van der Waals surface area contributed by atoms with Crippen LogP contribution in [0.1, 0.15) is 16.8 Å². The first-order valence-electron chi connectivity index (χ1n) is 4.71. The molecule has 1 aromatic rings. The number of para-hydroxylation sites is 1. The second-order valence-corrected chi connectivity index (χ2v) is 3.27. The van der Waals surface area contributed by atoms with Crippen LogP contribution in [0.4, 0.5) is 0 Å². The van der Waals surface area contributed by atoms with Gasteiger partial charge in [-0.1, -0.05) is 12.1 Å². The van der Waals surface area contributed by atoms with Crippen LogP contribution in [0.5, 0.6) is 5.75 Å². The summed E-state index contributed by atoms with van der Waals surface area (Å²) in [6, 6.07) is 5.45. The predicted octanol–water partition coefficient (Wildman–Crippen LogP) is 0.680. The standard InChI is InChI=1S/C11H13NO4/c1-16-10-5-3-2-4-7(10)9(13)6-8(12)11(14)15/h2-5,8H,6,12H2,1H3,(H,14,15)/t8-/m1/s1. The zero-order valence-corrected chi connectivity index (χ0v) is 8.84. The smallest absolute Gasteiger partial charge is 0.320 e. The average Bonchev–Trinajstić information content (AvgIpc) is 2.28. The molecule has 0 aliphatic carbocycles. The first-order valence-corrected chi connectivity index (χ1v) is 4.71. The molecule has 5 nitrogen and oxygen atoms in total. The van der Waals surface area contributed by atoms with Gasteiger partial charge in [-0.15, -0.1) is 0 Å². The van der Waals surface area contributed by atoms with Crippen LogP contribution in [-0.2, 0) is 4.79 Å². The fraction of sp³-hybridized carbons (Fsp3) is 0.273. The normalized spacial score (nSPS) is 11.9. The van der Waals surface area contributed by atoms with Gasteiger partial charge in [0.25, 0.3) is 0 Å². The summed E-state index contributed by atoms with van der Waals surface area (Å²) < 4.78 is 5.00. The van der Waals surface area contributed by atoms with E-state index >= 15 is 0 Å². The Labute approximate surface area is 92.8 Å². The summed E-state index contributed by atoms with van der Waals surface area (Å²) in [5.41, 5.74) is 5.63. The van der Waals surface area contributed by atoms with Gasteiger partial charge in [0.2, 0.25) is 0 Å². The van der Waals surface area contributed by atoms with Gasteiger partial charge in [-0.25, -0.2) is 0 Å². The highest BCUT2D eigenvalue weighted by Crippen LogP contribution is 2.19. The number of carbonyl (C=O) groups excluding carboxylic acids is 1. The Morgan fingerprint density at radius 1 is 1.44 bits per heavy atom. The number of carbonyl (C=O) groups is 2. The van der Waals surface area contributed by atoms with Gasteiger partial charge in [0.1, 0.15) is 11.8 Å². The molecule has 0 saturated heterocycles. The highest BCUT2D eigenvalue weighted by molar-refractivity contribution is 6.00. The van der Waals surface area contributed by atoms with Crippen LogP contribution >= 0.6 is 0 Å². The van der Waals surface area contributed by atoms with Crippen molar-refractivity contribution in [2.45, 2.75) is 12.5 Å². The van der Waals surface area contributed by atoms with Crippen molar-refractivity contribution in [2.75, 3.05) is 7.11 Å². The third-order valence-corrected chi connectivity index (χ3v) is 2.13. The monoisotopic (exact) mass is 223 g/mol. The van der Waals surface area contributed by atoms with Crippen molar-refractivity contribution in [3.63, 3.8) is 0 Å². The summed E-state index contributed by atoms with van der Waals surface area (Å²) in [6.07, 6.45) is -0.240. The zero-order valence-electron chi connectivity index (χ0n) is 8.84. The Hall–Kier alpha value is -1.88. The van der Waals surface area contributed by atoms with E-state index in [1.54, 1.807) is 24.3 Å². The first-order chi connectivity index (χ1) is 7.56. The van der Waals surface area contributed by atoms with E-state index in [4.69, 9.17) is 15.6 Å². The Kier molecular flexibility index (Phi) is 4.02. The minimum Gasteiger partial charge on any atom is -0.496 e. The molecular weight excluding hydrogens is 210 g/mol. The number of hydrogen-bond acceptors (Lipinski definition) is 4. The Morgan fingerprint density at radius 2 is 2.06 bits per heavy atom. The number of rotatable bonds is 5. The highest BCUT2D eigenvalue weighted by atomic mass is 16.5. The molecule has 0 fully saturated rings. The van der Waals surface area contributed by atoms with E-state index in [2.05, 4.69) is 0 Å². The second-order valence-electron chi connectivity index (χ2n) is 3.27. The third-order valence-electron chi connectivity index (χ3n) is 2.13. The molecule has 0 unspecified atom stereocenters. The van der Waals surface area contributed by atoms with Crippen molar-refractivity contribution < 1.29 is 19.4 Å². The van der Waals surface area contributed by atoms with Gasteiger partial charge in [-0.05, 0) is 12.1 Å². The Bertz CT molecular complexity index is 403. The van der Waals surface area contributed by atoms with Crippen LogP contribution in [0.15, 0.2) is 24.3 Å². The number of benzene rings is 1. The quantitative estimate of drug-likeness (QED) is 0.716. The molecule has 1 rings (SSSR count). The molecule has 86 valence electrons. The summed E-state index contributed by atoms with van der Waals surface area (Å²) >= 11 is 0. The minimum absolute atomic E-state index is 0.240. The number of carboxylic acids is 1. The molecule has 1 aromatic carbocycles. The lowest BCUT2D eigenvalue weighted by Crippen LogP contribution is -2.32. The van der Waals surface area contributed by atoms with E-state index in [0.717, 1.165) is 0 Å². The molecule has 0 spiro atoms. The molecule has 0 aromatic heterocycles. The van der Waals surface area contributed by atoms with Crippen molar-refractivity contribution in [2.24, 2.45) is 5.73 Å². The summed E-state index contributed by atoms with van der Waals surface area (Å²) in [5.74, 6) is -1.11. The van der Waals surface area contributed by atoms with E-state index in [9.17, 15) is 9.59 Å². The highest BCUT2D eigenvalue weighted by Gasteiger charge is 2.19. The van der Waals surface area contributed by atoms with Gasteiger partial charge < -0.3 is 15.6 Å². The number of hydrogen-bond donors (Lipinski definition) is 2. The molecule has 3 N–H and O–H groups in total. The molecule has 0 aliphatic rings. The molecule has 16 heavy (non-hydrogen) atoms. The Morgan fingerprint density at radius 3 is 2.62 bits per heavy atom. The number of nitrogens with two attached hydrogens (primary N) is 1. The summed E-state index contributed by atoms with van der Waals surface area (Å²) in [6.45, 7) is 0. The van der Waals surface area contributed by atoms with E-state index in [-0.39, 0.29) is 12.2 Å². The molecule has 0 saturated carbocycles. The number of Topliss-reactive ketones (excluding diaryl/α,β-unsaturated/α-hetero) is 1. The summed E-state index contributed by atoms with van der Waals surface area (Å²) in [5, 5.41) is 8.60. The molecule has 0 radical (unpaired) electrons. The lowest BCUT2D eigenvalue weighted by molar-refractivity contribution is -0.138. The fourth-order valence-electron chi connectivity index (χ4n) is 1.27. The number of aliphatic carboxylic acids is 1. The molecule has 1 atom stereocenters. The van der Waals surface area contributed by atoms with Gasteiger partial charge in [-0.3, -0.25) is 9.59 Å². The lowest BCUT2D eigenvalue weighted by Gasteiger charge is -2.08. The van der Waals surface area contributed by atoms with Crippen LogP contribution < -0.4 is 10.5 Å². The first kappa shape index (κ1) is 12.2. The van der Waals surface area contributed by atoms with Crippen LogP contribution in [0.3, 0.4) is 0 Å². The van der Waals surface area contributed by atoms with Crippen LogP contribution in [0.25, 0.3) is 0 Å². The minimum atomic E-state index is -1.19. The molecule has 0 bridgehead atoms. The van der Waals surface area contributed by atoms with Crippen molar-refractivity contribution in [3.8, 4) is 5.75 Å². The van der Waals surface area contributed by atoms with Gasteiger partial charge in [0.15, 0.2) is 5.78 Å². The number of ether oxygens (including phenoxy) is 1. The van der Waals surface area contributed by atoms with Crippen LogP contribution in [0.2, 0.25) is 0 Å². The summed E-state index contributed by atoms with van der Waals surface area (Å²) in [4.78, 5) is 22.2. The van der Waals surface area contributed by atoms with Crippen LogP contribution in [-0.4, -0.2) is 30.0 Å². The second kappa shape index (κ2) is 5.27. The number of ketones is 1. The van der Waals surface area contributed by atoms with Gasteiger partial charge >= 0.3 is 5.97 Å². The number of carboxylic acid groups (broad SMARTS) is 1. The maximum absolute atomic E-state index is 11.7. The van der Waals surface area contributed by atoms with E-state index in [1.807, 2.05) is 0 Å². The predicted molar refractivity (Wildman–Crippen MR) is 57.6 cm³/mol. The SMILES string of the molecule is COc1ccccc1C(=O)C[C@@H](N)C(=O)O. The van der Waals surface area contributed by atoms with E-state index < -0.39 is 12.0 Å². The van der Waals surface area contributed by atoms with Crippen molar-refractivity contribution in [3.05, 3.63) is 29.8 Å². The summed E-state index contributed by atoms with van der Waals surface area (Å²) in [7, 11) is 1.45. The fourth-order valence-corrected chi connectivity index (χ4v) is 1.27. The largest absolute Gasteiger partial charge is 0.496 e. The molecule has 0 amide bonds. The average molecular weight is 223 g/mol. The van der Waals surface area contributed by atoms with Gasteiger partial charge in [0.05, 0.1) is 12.7 Å². The number of methoxy groups -OCH3 is 1. The van der Waals surface area contributed by atoms with E-state index in [0.29, 0.717) is 11.3 Å². The zero-order chi connectivity index (χ0) is 12.1. The third kappa shape index (κ3) is 2.80. The van der Waals surface area contributed by atoms with Crippen molar-refractivity contribution in [1.82, 2.24) is 0 Å². The molecule has 0 heterocycles. The topological polar surface area (TPSA) is 89.6 Å². The maximum Gasteiger partial charge on any atom is 0.320 e. The Balaban J connectivity index is 2.84. The lowest BCUT2D eigenvalue weighted by atomic mass is 10.0. The van der Waals surface area contributed by atoms with E-state index in [1.165, 1.54) is 7.11 Å². The molecule has 5 heteroatoms. The van der Waals surface area contributed by atoms with Gasteiger partial charge in [0, 0.05) is 6.42 Å². The molecular formula is C11H13NO4. The van der Waals surface area contributed by atoms with Crippen molar-refractivity contribution >= 4 is 11.8 Å². The van der Waals surface area contributed by atoms with Gasteiger partial charge in [-0.2, -0.15) is 0 Å².